The Morgan fingerprint density at radius 2 is 1.67 bits per heavy atom. The predicted molar refractivity (Wildman–Crippen MR) is 116 cm³/mol. The molecule has 184 valence electrons. The number of aromatic amines is 1. The highest BCUT2D eigenvalue weighted by atomic mass is 32.2. The lowest BCUT2D eigenvalue weighted by atomic mass is 10.1. The van der Waals surface area contributed by atoms with Gasteiger partial charge in [-0.25, -0.2) is 9.78 Å². The summed E-state index contributed by atoms with van der Waals surface area (Å²) in [6.07, 6.45) is 4.08. The van der Waals surface area contributed by atoms with E-state index in [1.807, 2.05) is 11.6 Å². The number of carbonyl (C=O) groups is 5. The lowest BCUT2D eigenvalue weighted by molar-refractivity contribution is -0.147. The van der Waals surface area contributed by atoms with Crippen LogP contribution in [-0.4, -0.2) is 97.7 Å². The Hall–Kier alpha value is -3.17. The lowest BCUT2D eigenvalue weighted by Crippen LogP contribution is -2.58. The van der Waals surface area contributed by atoms with Crippen molar-refractivity contribution in [3.05, 3.63) is 18.2 Å². The monoisotopic (exact) mass is 488 g/mol. The molecule has 3 amide bonds. The second-order valence-electron chi connectivity index (χ2n) is 6.97. The molecular formula is C18H28N6O8S. The Labute approximate surface area is 193 Å². The number of aliphatic hydroxyl groups is 1. The summed E-state index contributed by atoms with van der Waals surface area (Å²) in [5, 5.41) is 34.0. The first-order chi connectivity index (χ1) is 15.6. The van der Waals surface area contributed by atoms with Crippen molar-refractivity contribution in [1.29, 1.82) is 0 Å². The molecule has 1 heterocycles. The van der Waals surface area contributed by atoms with E-state index in [1.54, 1.807) is 0 Å². The molecule has 0 fully saturated rings. The first-order valence-corrected chi connectivity index (χ1v) is 11.2. The highest BCUT2D eigenvalue weighted by molar-refractivity contribution is 7.98. The summed E-state index contributed by atoms with van der Waals surface area (Å²) in [6, 6.07) is -5.44. The molecule has 1 rings (SSSR count). The molecule has 0 aliphatic carbocycles. The number of thioether (sulfide) groups is 1. The molecule has 0 saturated heterocycles. The molecule has 0 saturated carbocycles. The van der Waals surface area contributed by atoms with E-state index in [4.69, 9.17) is 15.9 Å². The molecule has 0 aromatic carbocycles. The highest BCUT2D eigenvalue weighted by Gasteiger charge is 2.31. The van der Waals surface area contributed by atoms with Crippen LogP contribution in [0.1, 0.15) is 18.5 Å². The van der Waals surface area contributed by atoms with Crippen LogP contribution in [0.3, 0.4) is 0 Å². The van der Waals surface area contributed by atoms with Crippen LogP contribution >= 0.6 is 11.8 Å². The van der Waals surface area contributed by atoms with Gasteiger partial charge in [0.25, 0.3) is 0 Å². The maximum atomic E-state index is 12.8. The number of aliphatic carboxylic acids is 2. The fraction of sp³-hybridized carbons (Fsp3) is 0.556. The number of rotatable bonds is 15. The van der Waals surface area contributed by atoms with Crippen molar-refractivity contribution >= 4 is 41.4 Å². The number of hydrogen-bond acceptors (Lipinski definition) is 9. The SMILES string of the molecule is CSCCC(N)C(=O)NC(Cc1cnc[nH]1)C(=O)NC(CO)C(=O)NC(CC(=O)O)C(=O)O. The van der Waals surface area contributed by atoms with Gasteiger partial charge >= 0.3 is 11.9 Å². The zero-order valence-electron chi connectivity index (χ0n) is 17.8. The maximum Gasteiger partial charge on any atom is 0.326 e. The number of carboxylic acids is 2. The van der Waals surface area contributed by atoms with E-state index in [-0.39, 0.29) is 6.42 Å². The average Bonchev–Trinajstić information content (AvgIpc) is 3.27. The van der Waals surface area contributed by atoms with Gasteiger partial charge < -0.3 is 42.0 Å². The van der Waals surface area contributed by atoms with Crippen molar-refractivity contribution in [3.8, 4) is 0 Å². The van der Waals surface area contributed by atoms with Gasteiger partial charge in [0.1, 0.15) is 18.1 Å². The summed E-state index contributed by atoms with van der Waals surface area (Å²) < 4.78 is 0. The topological polar surface area (TPSA) is 237 Å². The van der Waals surface area contributed by atoms with E-state index in [1.165, 1.54) is 24.3 Å². The molecule has 0 spiro atoms. The lowest BCUT2D eigenvalue weighted by Gasteiger charge is -2.24. The molecule has 0 bridgehead atoms. The largest absolute Gasteiger partial charge is 0.481 e. The predicted octanol–water partition coefficient (Wildman–Crippen LogP) is -2.96. The van der Waals surface area contributed by atoms with E-state index in [0.29, 0.717) is 17.9 Å². The smallest absolute Gasteiger partial charge is 0.326 e. The number of imidazole rings is 1. The molecule has 33 heavy (non-hydrogen) atoms. The van der Waals surface area contributed by atoms with Crippen molar-refractivity contribution < 1.29 is 39.3 Å². The van der Waals surface area contributed by atoms with Crippen molar-refractivity contribution in [2.75, 3.05) is 18.6 Å². The van der Waals surface area contributed by atoms with Crippen molar-refractivity contribution in [3.63, 3.8) is 0 Å². The molecule has 0 aliphatic heterocycles. The average molecular weight is 489 g/mol. The van der Waals surface area contributed by atoms with Crippen LogP contribution in [0.15, 0.2) is 12.5 Å². The van der Waals surface area contributed by atoms with E-state index < -0.39 is 66.9 Å². The molecule has 1 aromatic heterocycles. The molecule has 1 aromatic rings. The highest BCUT2D eigenvalue weighted by Crippen LogP contribution is 2.03. The van der Waals surface area contributed by atoms with Crippen molar-refractivity contribution in [2.24, 2.45) is 5.73 Å². The number of carbonyl (C=O) groups excluding carboxylic acids is 3. The minimum Gasteiger partial charge on any atom is -0.481 e. The molecule has 14 nitrogen and oxygen atoms in total. The van der Waals surface area contributed by atoms with Crippen LogP contribution in [0.25, 0.3) is 0 Å². The maximum absolute atomic E-state index is 12.8. The molecule has 0 radical (unpaired) electrons. The van der Waals surface area contributed by atoms with Crippen LogP contribution in [0.2, 0.25) is 0 Å². The fourth-order valence-electron chi connectivity index (χ4n) is 2.59. The Bertz CT molecular complexity index is 821. The molecule has 9 N–H and O–H groups in total. The minimum atomic E-state index is -1.77. The minimum absolute atomic E-state index is 0.0383. The van der Waals surface area contributed by atoms with Gasteiger partial charge in [-0.1, -0.05) is 0 Å². The number of nitrogens with zero attached hydrogens (tertiary/aromatic N) is 1. The zero-order chi connectivity index (χ0) is 25.0. The summed E-state index contributed by atoms with van der Waals surface area (Å²) in [5.41, 5.74) is 6.33. The third-order valence-electron chi connectivity index (χ3n) is 4.39. The fourth-order valence-corrected chi connectivity index (χ4v) is 3.08. The molecule has 4 atom stereocenters. The first-order valence-electron chi connectivity index (χ1n) is 9.77. The van der Waals surface area contributed by atoms with Crippen LogP contribution in [-0.2, 0) is 30.4 Å². The van der Waals surface area contributed by atoms with E-state index in [0.717, 1.165) is 0 Å². The summed E-state index contributed by atoms with van der Waals surface area (Å²) >= 11 is 1.50. The molecule has 0 aliphatic rings. The number of amides is 3. The standard InChI is InChI=1S/C18H28N6O8S/c1-33-3-2-10(19)15(28)22-11(4-9-6-20-8-21-9)16(29)24-13(7-25)17(30)23-12(18(31)32)5-14(26)27/h6,8,10-13,25H,2-5,7,19H2,1H3,(H,20,21)(H,22,28)(H,23,30)(H,24,29)(H,26,27)(H,31,32). The van der Waals surface area contributed by atoms with Crippen LogP contribution < -0.4 is 21.7 Å². The summed E-state index contributed by atoms with van der Waals surface area (Å²) in [7, 11) is 0. The van der Waals surface area contributed by atoms with Gasteiger partial charge in [-0.15, -0.1) is 0 Å². The van der Waals surface area contributed by atoms with Gasteiger partial charge in [-0.2, -0.15) is 11.8 Å². The van der Waals surface area contributed by atoms with Gasteiger partial charge in [-0.3, -0.25) is 19.2 Å². The van der Waals surface area contributed by atoms with E-state index in [2.05, 4.69) is 20.6 Å². The van der Waals surface area contributed by atoms with Crippen LogP contribution in [0.5, 0.6) is 0 Å². The Kier molecular flexibility index (Phi) is 11.9. The quantitative estimate of drug-likeness (QED) is 0.124. The summed E-state index contributed by atoms with van der Waals surface area (Å²) in [6.45, 7) is -0.908. The number of H-pyrrole nitrogens is 1. The second-order valence-corrected chi connectivity index (χ2v) is 7.96. The van der Waals surface area contributed by atoms with Gasteiger partial charge in [-0.05, 0) is 18.4 Å². The Morgan fingerprint density at radius 1 is 1.06 bits per heavy atom. The Balaban J connectivity index is 2.91. The second kappa shape index (κ2) is 14.1. The Morgan fingerprint density at radius 3 is 2.18 bits per heavy atom. The molecule has 4 unspecified atom stereocenters. The normalized spacial score (nSPS) is 14.4. The summed E-state index contributed by atoms with van der Waals surface area (Å²) in [5.74, 6) is -5.00. The van der Waals surface area contributed by atoms with Crippen LogP contribution in [0, 0.1) is 0 Å². The van der Waals surface area contributed by atoms with Gasteiger partial charge in [0.15, 0.2) is 0 Å². The number of nitrogens with one attached hydrogen (secondary N) is 4. The third kappa shape index (κ3) is 9.88. The van der Waals surface area contributed by atoms with Crippen molar-refractivity contribution in [1.82, 2.24) is 25.9 Å². The van der Waals surface area contributed by atoms with E-state index >= 15 is 0 Å². The number of aromatic nitrogens is 2. The van der Waals surface area contributed by atoms with Gasteiger partial charge in [0.05, 0.1) is 25.4 Å². The van der Waals surface area contributed by atoms with Crippen LogP contribution in [0.4, 0.5) is 0 Å². The number of hydrogen-bond donors (Lipinski definition) is 8. The number of carboxylic acid groups (broad SMARTS) is 2. The number of aliphatic hydroxyl groups excluding tert-OH is 1. The molecule has 15 heteroatoms. The van der Waals surface area contributed by atoms with Crippen molar-refractivity contribution in [2.45, 2.75) is 43.4 Å². The van der Waals surface area contributed by atoms with E-state index in [9.17, 15) is 29.1 Å². The number of nitrogens with two attached hydrogens (primary N) is 1. The molecular weight excluding hydrogens is 460 g/mol. The zero-order valence-corrected chi connectivity index (χ0v) is 18.6. The first kappa shape index (κ1) is 27.9. The van der Waals surface area contributed by atoms with Gasteiger partial charge in [0.2, 0.25) is 17.7 Å². The summed E-state index contributed by atoms with van der Waals surface area (Å²) in [4.78, 5) is 66.1. The van der Waals surface area contributed by atoms with Gasteiger partial charge in [0, 0.05) is 18.3 Å². The third-order valence-corrected chi connectivity index (χ3v) is 5.03.